The maximum atomic E-state index is 10.9. The zero-order chi connectivity index (χ0) is 12.3. The second-order valence-electron chi connectivity index (χ2n) is 3.62. The molecule has 0 amide bonds. The van der Waals surface area contributed by atoms with E-state index in [0.717, 1.165) is 5.56 Å². The lowest BCUT2D eigenvalue weighted by molar-refractivity contribution is -0.384. The Labute approximate surface area is 97.4 Å². The Bertz CT molecular complexity index is 523. The van der Waals surface area contributed by atoms with Gasteiger partial charge >= 0.3 is 0 Å². The number of anilines is 1. The van der Waals surface area contributed by atoms with Gasteiger partial charge < -0.3 is 9.84 Å². The van der Waals surface area contributed by atoms with Crippen molar-refractivity contribution >= 4 is 11.4 Å². The molecular weight excluding hydrogens is 222 g/mol. The fourth-order valence-electron chi connectivity index (χ4n) is 1.46. The highest BCUT2D eigenvalue weighted by molar-refractivity contribution is 5.62. The molecule has 6 nitrogen and oxygen atoms in total. The number of nitro benzene ring substituents is 1. The smallest absolute Gasteiger partial charge is 0.292 e. The summed E-state index contributed by atoms with van der Waals surface area (Å²) in [6.45, 7) is 2.20. The Morgan fingerprint density at radius 3 is 2.94 bits per heavy atom. The highest BCUT2D eigenvalue weighted by atomic mass is 16.6. The first-order valence-electron chi connectivity index (χ1n) is 5.05. The third-order valence-corrected chi connectivity index (χ3v) is 2.30. The van der Waals surface area contributed by atoms with E-state index in [2.05, 4.69) is 15.0 Å². The van der Waals surface area contributed by atoms with E-state index in [0.29, 0.717) is 17.9 Å². The molecule has 0 atom stereocenters. The molecule has 0 spiro atoms. The second kappa shape index (κ2) is 4.65. The predicted molar refractivity (Wildman–Crippen MR) is 61.7 cm³/mol. The van der Waals surface area contributed by atoms with Crippen molar-refractivity contribution in [3.05, 3.63) is 51.9 Å². The highest BCUT2D eigenvalue weighted by Crippen LogP contribution is 2.25. The minimum atomic E-state index is -0.405. The van der Waals surface area contributed by atoms with Crippen LogP contribution in [0.1, 0.15) is 11.3 Å². The molecule has 2 aromatic rings. The maximum Gasteiger partial charge on any atom is 0.292 e. The molecule has 2 rings (SSSR count). The van der Waals surface area contributed by atoms with Gasteiger partial charge in [-0.1, -0.05) is 11.2 Å². The van der Waals surface area contributed by atoms with Crippen molar-refractivity contribution in [3.8, 4) is 0 Å². The molecule has 0 saturated carbocycles. The lowest BCUT2D eigenvalue weighted by atomic mass is 10.2. The van der Waals surface area contributed by atoms with Crippen LogP contribution in [0.15, 0.2) is 35.1 Å². The Balaban J connectivity index is 2.17. The number of nitrogens with one attached hydrogen (secondary N) is 1. The van der Waals surface area contributed by atoms with Gasteiger partial charge in [-0.2, -0.15) is 0 Å². The average Bonchev–Trinajstić information content (AvgIpc) is 2.80. The van der Waals surface area contributed by atoms with E-state index in [1.165, 1.54) is 12.3 Å². The summed E-state index contributed by atoms with van der Waals surface area (Å²) >= 11 is 0. The summed E-state index contributed by atoms with van der Waals surface area (Å²) in [5, 5.41) is 17.5. The van der Waals surface area contributed by atoms with Gasteiger partial charge in [0.1, 0.15) is 17.6 Å². The van der Waals surface area contributed by atoms with Gasteiger partial charge in [-0.25, -0.2) is 0 Å². The van der Waals surface area contributed by atoms with E-state index >= 15 is 0 Å². The van der Waals surface area contributed by atoms with Crippen LogP contribution in [0.4, 0.5) is 11.4 Å². The molecule has 0 aliphatic carbocycles. The predicted octanol–water partition coefficient (Wildman–Crippen LogP) is 2.50. The van der Waals surface area contributed by atoms with Crippen LogP contribution < -0.4 is 5.32 Å². The summed E-state index contributed by atoms with van der Waals surface area (Å²) in [5.74, 6) is 0. The van der Waals surface area contributed by atoms with E-state index in [4.69, 9.17) is 0 Å². The molecule has 0 unspecified atom stereocenters. The molecule has 1 N–H and O–H groups in total. The third kappa shape index (κ3) is 2.60. The van der Waals surface area contributed by atoms with Gasteiger partial charge in [0.05, 0.1) is 11.5 Å². The fourth-order valence-corrected chi connectivity index (χ4v) is 1.46. The van der Waals surface area contributed by atoms with Crippen LogP contribution in [0, 0.1) is 17.0 Å². The van der Waals surface area contributed by atoms with Crippen molar-refractivity contribution in [2.45, 2.75) is 13.5 Å². The largest absolute Gasteiger partial charge is 0.374 e. The topological polar surface area (TPSA) is 81.2 Å². The van der Waals surface area contributed by atoms with Crippen LogP contribution in [0.5, 0.6) is 0 Å². The van der Waals surface area contributed by atoms with Crippen LogP contribution in [0.3, 0.4) is 0 Å². The minimum Gasteiger partial charge on any atom is -0.374 e. The minimum absolute atomic E-state index is 0.0634. The van der Waals surface area contributed by atoms with Crippen molar-refractivity contribution in [2.75, 3.05) is 5.32 Å². The first-order valence-corrected chi connectivity index (χ1v) is 5.05. The third-order valence-electron chi connectivity index (χ3n) is 2.30. The first kappa shape index (κ1) is 11.1. The summed E-state index contributed by atoms with van der Waals surface area (Å²) in [6, 6.07) is 6.74. The number of hydrogen-bond acceptors (Lipinski definition) is 5. The number of nitrogens with zero attached hydrogens (tertiary/aromatic N) is 2. The molecule has 0 fully saturated rings. The Kier molecular flexibility index (Phi) is 3.04. The molecule has 6 heteroatoms. The van der Waals surface area contributed by atoms with E-state index in [-0.39, 0.29) is 5.69 Å². The number of rotatable bonds is 4. The highest BCUT2D eigenvalue weighted by Gasteiger charge is 2.13. The van der Waals surface area contributed by atoms with Gasteiger partial charge in [-0.05, 0) is 18.6 Å². The molecule has 1 heterocycles. The van der Waals surface area contributed by atoms with Gasteiger partial charge in [-0.15, -0.1) is 0 Å². The molecule has 0 bridgehead atoms. The standard InChI is InChI=1S/C11H11N3O3/c1-8-2-3-10(11(6-8)14(15)16)12-7-9-4-5-17-13-9/h2-6,12H,7H2,1H3. The quantitative estimate of drug-likeness (QED) is 0.648. The molecule has 0 aliphatic rings. The normalized spacial score (nSPS) is 10.2. The number of benzene rings is 1. The SMILES string of the molecule is Cc1ccc(NCc2ccon2)c([N+](=O)[O-])c1. The van der Waals surface area contributed by atoms with E-state index in [9.17, 15) is 10.1 Å². The van der Waals surface area contributed by atoms with Crippen LogP contribution >= 0.6 is 0 Å². The van der Waals surface area contributed by atoms with Gasteiger partial charge in [0.15, 0.2) is 0 Å². The van der Waals surface area contributed by atoms with Crippen molar-refractivity contribution in [3.63, 3.8) is 0 Å². The summed E-state index contributed by atoms with van der Waals surface area (Å²) < 4.78 is 4.68. The lowest BCUT2D eigenvalue weighted by Gasteiger charge is -2.05. The Hall–Kier alpha value is -2.37. The zero-order valence-electron chi connectivity index (χ0n) is 9.21. The number of hydrogen-bond donors (Lipinski definition) is 1. The second-order valence-corrected chi connectivity index (χ2v) is 3.62. The van der Waals surface area contributed by atoms with Crippen molar-refractivity contribution in [1.29, 1.82) is 0 Å². The van der Waals surface area contributed by atoms with E-state index < -0.39 is 4.92 Å². The number of aromatic nitrogens is 1. The molecule has 0 aliphatic heterocycles. The molecule has 17 heavy (non-hydrogen) atoms. The lowest BCUT2D eigenvalue weighted by Crippen LogP contribution is -2.03. The van der Waals surface area contributed by atoms with E-state index in [1.807, 2.05) is 13.0 Å². The summed E-state index contributed by atoms with van der Waals surface area (Å²) in [5.41, 5.74) is 2.08. The molecule has 0 radical (unpaired) electrons. The van der Waals surface area contributed by atoms with Crippen LogP contribution in [-0.2, 0) is 6.54 Å². The van der Waals surface area contributed by atoms with Crippen molar-refractivity contribution in [1.82, 2.24) is 5.16 Å². The van der Waals surface area contributed by atoms with Crippen molar-refractivity contribution in [2.24, 2.45) is 0 Å². The molecule has 88 valence electrons. The van der Waals surface area contributed by atoms with Gasteiger partial charge in [0.25, 0.3) is 5.69 Å². The molecule has 1 aromatic heterocycles. The molecule has 1 aromatic carbocycles. The van der Waals surface area contributed by atoms with Crippen molar-refractivity contribution < 1.29 is 9.45 Å². The first-order chi connectivity index (χ1) is 8.16. The van der Waals surface area contributed by atoms with Gasteiger partial charge in [0, 0.05) is 12.1 Å². The monoisotopic (exact) mass is 233 g/mol. The fraction of sp³-hybridized carbons (Fsp3) is 0.182. The molecule has 0 saturated heterocycles. The summed E-state index contributed by atoms with van der Waals surface area (Å²) in [7, 11) is 0. The number of nitro groups is 1. The Morgan fingerprint density at radius 1 is 1.47 bits per heavy atom. The van der Waals surface area contributed by atoms with Gasteiger partial charge in [0.2, 0.25) is 0 Å². The van der Waals surface area contributed by atoms with Gasteiger partial charge in [-0.3, -0.25) is 10.1 Å². The number of aryl methyl sites for hydroxylation is 1. The van der Waals surface area contributed by atoms with Crippen LogP contribution in [-0.4, -0.2) is 10.1 Å². The maximum absolute atomic E-state index is 10.9. The summed E-state index contributed by atoms with van der Waals surface area (Å²) in [6.07, 6.45) is 1.46. The Morgan fingerprint density at radius 2 is 2.29 bits per heavy atom. The summed E-state index contributed by atoms with van der Waals surface area (Å²) in [4.78, 5) is 10.5. The van der Waals surface area contributed by atoms with Crippen LogP contribution in [0.2, 0.25) is 0 Å². The van der Waals surface area contributed by atoms with Crippen LogP contribution in [0.25, 0.3) is 0 Å². The van der Waals surface area contributed by atoms with E-state index in [1.54, 1.807) is 12.1 Å². The average molecular weight is 233 g/mol. The molecular formula is C11H11N3O3. The zero-order valence-corrected chi connectivity index (χ0v) is 9.21.